The lowest BCUT2D eigenvalue weighted by atomic mass is 9.83. The van der Waals surface area contributed by atoms with Crippen LogP contribution in [0.15, 0.2) is 128 Å². The highest BCUT2D eigenvalue weighted by Crippen LogP contribution is 2.51. The van der Waals surface area contributed by atoms with Crippen LogP contribution in [0.5, 0.6) is 11.5 Å². The van der Waals surface area contributed by atoms with Crippen molar-refractivity contribution in [3.8, 4) is 28.4 Å². The number of rotatable bonds is 8. The Balaban J connectivity index is 1.16. The second kappa shape index (κ2) is 16.0. The van der Waals surface area contributed by atoms with Gasteiger partial charge in [0.05, 0.1) is 28.1 Å². The van der Waals surface area contributed by atoms with Crippen molar-refractivity contribution in [1.29, 1.82) is 0 Å². The maximum absolute atomic E-state index is 14.9. The molecule has 0 aliphatic carbocycles. The van der Waals surface area contributed by atoms with E-state index in [1.807, 2.05) is 13.1 Å². The third-order valence-corrected chi connectivity index (χ3v) is 13.0. The number of aryl methyl sites for hydroxylation is 1. The Kier molecular flexibility index (Phi) is 10.7. The first-order chi connectivity index (χ1) is 30.4. The second-order valence-electron chi connectivity index (χ2n) is 20.5. The van der Waals surface area contributed by atoms with E-state index in [9.17, 15) is 4.39 Å². The number of hydrogen-bond acceptors (Lipinski definition) is 4. The number of para-hydroxylation sites is 3. The van der Waals surface area contributed by atoms with Gasteiger partial charge in [-0.25, -0.2) is 9.37 Å². The summed E-state index contributed by atoms with van der Waals surface area (Å²) in [5, 5.41) is 2.33. The minimum absolute atomic E-state index is 0.0200. The zero-order valence-corrected chi connectivity index (χ0v) is 39.6. The highest BCUT2D eigenvalue weighted by Gasteiger charge is 2.34. The molecule has 0 N–H and O–H groups in total. The molecule has 6 heteroatoms. The van der Waals surface area contributed by atoms with Crippen LogP contribution in [0.4, 0.5) is 27.1 Å². The van der Waals surface area contributed by atoms with Crippen LogP contribution in [0, 0.1) is 19.7 Å². The molecule has 6 aromatic carbocycles. The Morgan fingerprint density at radius 3 is 2.00 bits per heavy atom. The molecule has 0 fully saturated rings. The van der Waals surface area contributed by atoms with Crippen molar-refractivity contribution in [1.82, 2.24) is 9.55 Å². The molecule has 0 saturated heterocycles. The summed E-state index contributed by atoms with van der Waals surface area (Å²) in [4.78, 5) is 9.85. The van der Waals surface area contributed by atoms with Gasteiger partial charge in [-0.05, 0) is 154 Å². The number of anilines is 4. The first kappa shape index (κ1) is 42.9. The van der Waals surface area contributed by atoms with E-state index >= 15 is 0 Å². The minimum atomic E-state index is -0.205. The molecule has 0 bridgehead atoms. The number of nitrogens with zero attached hydrogens (tertiary/aromatic N) is 4. The van der Waals surface area contributed by atoms with Gasteiger partial charge in [0.15, 0.2) is 0 Å². The minimum Gasteiger partial charge on any atom is -0.457 e. The van der Waals surface area contributed by atoms with Gasteiger partial charge in [-0.1, -0.05) is 106 Å². The van der Waals surface area contributed by atoms with Gasteiger partial charge < -0.3 is 14.5 Å². The number of ether oxygens (including phenoxy) is 1. The molecule has 1 aliphatic rings. The van der Waals surface area contributed by atoms with Gasteiger partial charge in [0, 0.05) is 34.8 Å². The summed E-state index contributed by atoms with van der Waals surface area (Å²) in [7, 11) is 0. The van der Waals surface area contributed by atoms with Gasteiger partial charge >= 0.3 is 0 Å². The van der Waals surface area contributed by atoms with Crippen molar-refractivity contribution in [3.63, 3.8) is 0 Å². The van der Waals surface area contributed by atoms with Crippen molar-refractivity contribution in [3.05, 3.63) is 167 Å². The van der Waals surface area contributed by atoms with Gasteiger partial charge in [-0.3, -0.25) is 4.57 Å². The summed E-state index contributed by atoms with van der Waals surface area (Å²) < 4.78 is 24.2. The second-order valence-corrected chi connectivity index (χ2v) is 20.5. The van der Waals surface area contributed by atoms with Crippen LogP contribution in [0.3, 0.4) is 0 Å². The van der Waals surface area contributed by atoms with E-state index in [1.54, 1.807) is 12.1 Å². The molecule has 0 radical (unpaired) electrons. The molecule has 0 unspecified atom stereocenters. The first-order valence-electron chi connectivity index (χ1n) is 22.8. The van der Waals surface area contributed by atoms with Gasteiger partial charge in [0.25, 0.3) is 0 Å². The predicted octanol–water partition coefficient (Wildman–Crippen LogP) is 16.5. The van der Waals surface area contributed by atoms with Gasteiger partial charge in [0.2, 0.25) is 0 Å². The van der Waals surface area contributed by atoms with Crippen LogP contribution in [0.25, 0.3) is 38.8 Å². The fraction of sp³-hybridized carbons (Fsp3) is 0.293. The topological polar surface area (TPSA) is 33.5 Å². The predicted molar refractivity (Wildman–Crippen MR) is 268 cm³/mol. The van der Waals surface area contributed by atoms with E-state index < -0.39 is 0 Å². The molecule has 0 spiro atoms. The lowest BCUT2D eigenvalue weighted by molar-refractivity contribution is 0.479. The van der Waals surface area contributed by atoms with Crippen LogP contribution < -0.4 is 14.5 Å². The molecule has 9 rings (SSSR count). The summed E-state index contributed by atoms with van der Waals surface area (Å²) in [6, 6.07) is 42.5. The Bertz CT molecular complexity index is 3070. The highest BCUT2D eigenvalue weighted by atomic mass is 19.1. The van der Waals surface area contributed by atoms with Crippen LogP contribution >= 0.6 is 0 Å². The third-order valence-electron chi connectivity index (χ3n) is 13.0. The third kappa shape index (κ3) is 7.71. The number of pyridine rings is 1. The number of hydrogen-bond donors (Lipinski definition) is 0. The summed E-state index contributed by atoms with van der Waals surface area (Å²) in [6.45, 7) is 27.4. The van der Waals surface area contributed by atoms with Gasteiger partial charge in [0.1, 0.15) is 29.8 Å². The van der Waals surface area contributed by atoms with Crippen molar-refractivity contribution in [2.45, 2.75) is 106 Å². The fourth-order valence-corrected chi connectivity index (χ4v) is 9.71. The SMILES string of the molecule is Cc1cc(F)cc(-c2cc(C(C)C)c(N3CN(c4cc(Oc5ccc6c7ccccc7n(-c7cc(C(C)(C)C)ccn7)c6c5)cc(C(C)(C)C)c4)c4ccccc43)c(C(C)C)c2C)c1. The zero-order valence-electron chi connectivity index (χ0n) is 39.6. The molecular weight excluding hydrogens is 788 g/mol. The molecular formula is C58H61FN4O. The van der Waals surface area contributed by atoms with Gasteiger partial charge in [-0.2, -0.15) is 0 Å². The molecule has 0 amide bonds. The van der Waals surface area contributed by atoms with E-state index in [0.29, 0.717) is 6.67 Å². The quantitative estimate of drug-likeness (QED) is 0.153. The van der Waals surface area contributed by atoms with E-state index in [2.05, 4.69) is 200 Å². The fourth-order valence-electron chi connectivity index (χ4n) is 9.71. The van der Waals surface area contributed by atoms with E-state index in [0.717, 1.165) is 67.5 Å². The summed E-state index contributed by atoms with van der Waals surface area (Å²) >= 11 is 0. The Labute approximate surface area is 379 Å². The largest absolute Gasteiger partial charge is 0.457 e. The Morgan fingerprint density at radius 1 is 0.625 bits per heavy atom. The lowest BCUT2D eigenvalue weighted by Gasteiger charge is -2.32. The van der Waals surface area contributed by atoms with Crippen LogP contribution in [0.1, 0.15) is 114 Å². The van der Waals surface area contributed by atoms with Crippen molar-refractivity contribution < 1.29 is 9.13 Å². The van der Waals surface area contributed by atoms with E-state index in [-0.39, 0.29) is 28.5 Å². The monoisotopic (exact) mass is 848 g/mol. The van der Waals surface area contributed by atoms with Crippen LogP contribution in [0.2, 0.25) is 0 Å². The molecule has 1 aliphatic heterocycles. The molecule has 326 valence electrons. The highest BCUT2D eigenvalue weighted by molar-refractivity contribution is 6.09. The molecule has 64 heavy (non-hydrogen) atoms. The smallest absolute Gasteiger partial charge is 0.137 e. The van der Waals surface area contributed by atoms with Gasteiger partial charge in [-0.15, -0.1) is 0 Å². The van der Waals surface area contributed by atoms with Crippen molar-refractivity contribution in [2.24, 2.45) is 0 Å². The molecule has 0 atom stereocenters. The lowest BCUT2D eigenvalue weighted by Crippen LogP contribution is -2.27. The van der Waals surface area contributed by atoms with E-state index in [1.165, 1.54) is 38.9 Å². The molecule has 0 saturated carbocycles. The number of halogens is 1. The van der Waals surface area contributed by atoms with E-state index in [4.69, 9.17) is 9.72 Å². The summed E-state index contributed by atoms with van der Waals surface area (Å²) in [6.07, 6.45) is 1.92. The standard InChI is InChI=1S/C58H61FN4O/c1-35(2)48-33-49(39-25-37(5)26-42(59)27-39)38(6)55(36(3)4)56(48)62-34-61(51-19-15-16-20-52(51)62)43-28-41(58(10,11)12)29-45(31-43)64-44-21-22-47-46-17-13-14-18-50(46)63(53(47)32-44)54-30-40(23-24-60-54)57(7,8)9/h13-33,35-36H,34H2,1-12H3. The maximum atomic E-state index is 14.9. The van der Waals surface area contributed by atoms with Crippen LogP contribution in [-0.2, 0) is 10.8 Å². The Morgan fingerprint density at radius 2 is 1.31 bits per heavy atom. The maximum Gasteiger partial charge on any atom is 0.137 e. The first-order valence-corrected chi connectivity index (χ1v) is 22.8. The van der Waals surface area contributed by atoms with Crippen molar-refractivity contribution >= 4 is 44.6 Å². The summed E-state index contributed by atoms with van der Waals surface area (Å²) in [5.74, 6) is 2.67. The molecule has 8 aromatic rings. The Hall–Kier alpha value is -6.40. The number of benzene rings is 6. The molecule has 3 heterocycles. The number of fused-ring (bicyclic) bond motifs is 4. The normalized spacial score (nSPS) is 13.2. The van der Waals surface area contributed by atoms with Crippen molar-refractivity contribution in [2.75, 3.05) is 16.5 Å². The average molecular weight is 849 g/mol. The average Bonchev–Trinajstić information content (AvgIpc) is 3.78. The summed E-state index contributed by atoms with van der Waals surface area (Å²) in [5.41, 5.74) is 15.7. The number of aromatic nitrogens is 2. The molecule has 2 aromatic heterocycles. The van der Waals surface area contributed by atoms with Crippen LogP contribution in [-0.4, -0.2) is 16.2 Å². The molecule has 5 nitrogen and oxygen atoms in total. The zero-order chi connectivity index (χ0) is 45.4.